The number of benzene rings is 1. The van der Waals surface area contributed by atoms with Gasteiger partial charge in [-0.3, -0.25) is 9.78 Å². The molecular formula is C14H11F2NO. The van der Waals surface area contributed by atoms with Gasteiger partial charge in [0.2, 0.25) is 0 Å². The molecule has 1 aromatic heterocycles. The third kappa shape index (κ3) is 2.77. The molecule has 1 aromatic carbocycles. The molecule has 0 amide bonds. The number of aromatic nitrogens is 1. The fourth-order valence-corrected chi connectivity index (χ4v) is 1.67. The van der Waals surface area contributed by atoms with Gasteiger partial charge in [-0.05, 0) is 36.2 Å². The molecule has 0 bridgehead atoms. The number of carbonyl (C=O) groups excluding carboxylic acids is 1. The lowest BCUT2D eigenvalue weighted by Crippen LogP contribution is -2.06. The Kier molecular flexibility index (Phi) is 3.46. The van der Waals surface area contributed by atoms with E-state index in [4.69, 9.17) is 0 Å². The molecule has 2 nitrogen and oxygen atoms in total. The Labute approximate surface area is 103 Å². The van der Waals surface area contributed by atoms with Crippen LogP contribution >= 0.6 is 0 Å². The maximum Gasteiger partial charge on any atom is 0.168 e. The van der Waals surface area contributed by atoms with Gasteiger partial charge in [-0.1, -0.05) is 6.07 Å². The standard InChI is InChI=1S/C14H11F2NO/c1-9-2-3-12(15)4-10(9)6-14(18)11-5-13(16)8-17-7-11/h2-5,7-8H,6H2,1H3. The minimum Gasteiger partial charge on any atom is -0.294 e. The first-order chi connectivity index (χ1) is 8.56. The van der Waals surface area contributed by atoms with Crippen LogP contribution in [0.3, 0.4) is 0 Å². The molecule has 0 unspecified atom stereocenters. The van der Waals surface area contributed by atoms with Crippen molar-refractivity contribution in [2.75, 3.05) is 0 Å². The highest BCUT2D eigenvalue weighted by molar-refractivity contribution is 5.97. The van der Waals surface area contributed by atoms with Gasteiger partial charge in [-0.15, -0.1) is 0 Å². The predicted molar refractivity (Wildman–Crippen MR) is 63.4 cm³/mol. The highest BCUT2D eigenvalue weighted by Crippen LogP contribution is 2.14. The lowest BCUT2D eigenvalue weighted by Gasteiger charge is -2.05. The third-order valence-electron chi connectivity index (χ3n) is 2.69. The number of ketones is 1. The maximum absolute atomic E-state index is 13.1. The topological polar surface area (TPSA) is 30.0 Å². The first-order valence-corrected chi connectivity index (χ1v) is 5.45. The summed E-state index contributed by atoms with van der Waals surface area (Å²) in [6.07, 6.45) is 2.37. The van der Waals surface area contributed by atoms with E-state index in [-0.39, 0.29) is 23.6 Å². The van der Waals surface area contributed by atoms with Crippen LogP contribution in [0.5, 0.6) is 0 Å². The van der Waals surface area contributed by atoms with Crippen molar-refractivity contribution >= 4 is 5.78 Å². The van der Waals surface area contributed by atoms with E-state index in [0.29, 0.717) is 5.56 Å². The molecule has 0 aliphatic heterocycles. The molecule has 92 valence electrons. The normalized spacial score (nSPS) is 10.4. The Bertz CT molecular complexity index is 596. The number of hydrogen-bond acceptors (Lipinski definition) is 2. The second-order valence-corrected chi connectivity index (χ2v) is 4.06. The molecule has 1 heterocycles. The molecule has 18 heavy (non-hydrogen) atoms. The molecule has 0 saturated heterocycles. The van der Waals surface area contributed by atoms with E-state index < -0.39 is 5.82 Å². The number of nitrogens with zero attached hydrogens (tertiary/aromatic N) is 1. The summed E-state index contributed by atoms with van der Waals surface area (Å²) in [6.45, 7) is 1.80. The quantitative estimate of drug-likeness (QED) is 0.780. The van der Waals surface area contributed by atoms with Gasteiger partial charge >= 0.3 is 0 Å². The summed E-state index contributed by atoms with van der Waals surface area (Å²) >= 11 is 0. The highest BCUT2D eigenvalue weighted by Gasteiger charge is 2.10. The van der Waals surface area contributed by atoms with E-state index in [1.165, 1.54) is 18.3 Å². The summed E-state index contributed by atoms with van der Waals surface area (Å²) in [6, 6.07) is 5.40. The molecular weight excluding hydrogens is 236 g/mol. The van der Waals surface area contributed by atoms with Crippen LogP contribution in [0.15, 0.2) is 36.7 Å². The summed E-state index contributed by atoms with van der Waals surface area (Å²) < 4.78 is 26.0. The van der Waals surface area contributed by atoms with Crippen LogP contribution in [0.25, 0.3) is 0 Å². The Hall–Kier alpha value is -2.10. The number of rotatable bonds is 3. The van der Waals surface area contributed by atoms with Crippen LogP contribution in [0.2, 0.25) is 0 Å². The van der Waals surface area contributed by atoms with Crippen molar-refractivity contribution in [3.8, 4) is 0 Å². The SMILES string of the molecule is Cc1ccc(F)cc1CC(=O)c1cncc(F)c1. The fourth-order valence-electron chi connectivity index (χ4n) is 1.67. The van der Waals surface area contributed by atoms with Crippen LogP contribution < -0.4 is 0 Å². The molecule has 2 rings (SSSR count). The van der Waals surface area contributed by atoms with Gasteiger partial charge in [0.05, 0.1) is 6.20 Å². The molecule has 0 fully saturated rings. The summed E-state index contributed by atoms with van der Waals surface area (Å²) in [5.41, 5.74) is 1.62. The van der Waals surface area contributed by atoms with E-state index in [2.05, 4.69) is 4.98 Å². The largest absolute Gasteiger partial charge is 0.294 e. The number of hydrogen-bond donors (Lipinski definition) is 0. The lowest BCUT2D eigenvalue weighted by atomic mass is 10.0. The molecule has 0 N–H and O–H groups in total. The zero-order valence-corrected chi connectivity index (χ0v) is 9.78. The molecule has 0 atom stereocenters. The molecule has 0 saturated carbocycles. The second-order valence-electron chi connectivity index (χ2n) is 4.06. The monoisotopic (exact) mass is 247 g/mol. The molecule has 0 aliphatic carbocycles. The zero-order valence-electron chi connectivity index (χ0n) is 9.78. The van der Waals surface area contributed by atoms with Gasteiger partial charge in [0, 0.05) is 18.2 Å². The van der Waals surface area contributed by atoms with E-state index in [9.17, 15) is 13.6 Å². The molecule has 4 heteroatoms. The van der Waals surface area contributed by atoms with E-state index in [0.717, 1.165) is 17.8 Å². The smallest absolute Gasteiger partial charge is 0.168 e. The average Bonchev–Trinajstić information content (AvgIpc) is 2.34. The number of halogens is 2. The Morgan fingerprint density at radius 3 is 2.67 bits per heavy atom. The highest BCUT2D eigenvalue weighted by atomic mass is 19.1. The fraction of sp³-hybridized carbons (Fsp3) is 0.143. The molecule has 0 spiro atoms. The van der Waals surface area contributed by atoms with E-state index >= 15 is 0 Å². The molecule has 2 aromatic rings. The van der Waals surface area contributed by atoms with Crippen molar-refractivity contribution in [1.82, 2.24) is 4.98 Å². The minimum absolute atomic E-state index is 0.0364. The first-order valence-electron chi connectivity index (χ1n) is 5.45. The first kappa shape index (κ1) is 12.4. The second kappa shape index (κ2) is 5.04. The van der Waals surface area contributed by atoms with Crippen molar-refractivity contribution in [2.24, 2.45) is 0 Å². The van der Waals surface area contributed by atoms with E-state index in [1.807, 2.05) is 0 Å². The van der Waals surface area contributed by atoms with Gasteiger partial charge in [0.25, 0.3) is 0 Å². The van der Waals surface area contributed by atoms with Crippen molar-refractivity contribution in [1.29, 1.82) is 0 Å². The van der Waals surface area contributed by atoms with Gasteiger partial charge in [-0.25, -0.2) is 8.78 Å². The lowest BCUT2D eigenvalue weighted by molar-refractivity contribution is 0.0992. The number of pyridine rings is 1. The molecule has 0 radical (unpaired) electrons. The van der Waals surface area contributed by atoms with Gasteiger partial charge in [0.15, 0.2) is 5.78 Å². The maximum atomic E-state index is 13.1. The van der Waals surface area contributed by atoms with Crippen molar-refractivity contribution < 1.29 is 13.6 Å². The van der Waals surface area contributed by atoms with E-state index in [1.54, 1.807) is 13.0 Å². The van der Waals surface area contributed by atoms with Crippen molar-refractivity contribution in [3.63, 3.8) is 0 Å². The number of carbonyl (C=O) groups is 1. The predicted octanol–water partition coefficient (Wildman–Crippen LogP) is 3.09. The summed E-state index contributed by atoms with van der Waals surface area (Å²) in [4.78, 5) is 15.5. The zero-order chi connectivity index (χ0) is 13.1. The summed E-state index contributed by atoms with van der Waals surface area (Å²) in [7, 11) is 0. The van der Waals surface area contributed by atoms with Crippen LogP contribution in [-0.4, -0.2) is 10.8 Å². The Morgan fingerprint density at radius 2 is 1.94 bits per heavy atom. The minimum atomic E-state index is -0.559. The van der Waals surface area contributed by atoms with Crippen molar-refractivity contribution in [2.45, 2.75) is 13.3 Å². The summed E-state index contributed by atoms with van der Waals surface area (Å²) in [5, 5.41) is 0. The van der Waals surface area contributed by atoms with Crippen LogP contribution in [-0.2, 0) is 6.42 Å². The van der Waals surface area contributed by atoms with Crippen LogP contribution in [0.4, 0.5) is 8.78 Å². The van der Waals surface area contributed by atoms with Gasteiger partial charge in [-0.2, -0.15) is 0 Å². The molecule has 0 aliphatic rings. The average molecular weight is 247 g/mol. The van der Waals surface area contributed by atoms with Crippen LogP contribution in [0, 0.1) is 18.6 Å². The summed E-state index contributed by atoms with van der Waals surface area (Å²) in [5.74, 6) is -1.23. The number of Topliss-reactive ketones (excluding diaryl/α,β-unsaturated/α-hetero) is 1. The Morgan fingerprint density at radius 1 is 1.17 bits per heavy atom. The van der Waals surface area contributed by atoms with Crippen LogP contribution in [0.1, 0.15) is 21.5 Å². The number of aryl methyl sites for hydroxylation is 1. The van der Waals surface area contributed by atoms with Gasteiger partial charge in [0.1, 0.15) is 11.6 Å². The van der Waals surface area contributed by atoms with Crippen molar-refractivity contribution in [3.05, 3.63) is 65.0 Å². The van der Waals surface area contributed by atoms with Gasteiger partial charge < -0.3 is 0 Å². The Balaban J connectivity index is 2.24. The third-order valence-corrected chi connectivity index (χ3v) is 2.69.